The molecule has 0 bridgehead atoms. The van der Waals surface area contributed by atoms with Crippen molar-refractivity contribution in [1.29, 1.82) is 0 Å². The first kappa shape index (κ1) is 24.8. The summed E-state index contributed by atoms with van der Waals surface area (Å²) in [4.78, 5) is 19.3. The third-order valence-electron chi connectivity index (χ3n) is 6.22. The number of rotatable bonds is 5. The predicted molar refractivity (Wildman–Crippen MR) is 135 cm³/mol. The van der Waals surface area contributed by atoms with Crippen molar-refractivity contribution in [3.8, 4) is 17.2 Å². The first-order chi connectivity index (χ1) is 17.8. The van der Waals surface area contributed by atoms with Crippen molar-refractivity contribution >= 4 is 29.0 Å². The van der Waals surface area contributed by atoms with Gasteiger partial charge in [-0.2, -0.15) is 13.2 Å². The number of halogens is 4. The number of carbonyl (C=O) groups is 1. The Bertz CT molecular complexity index is 1390. The molecule has 1 amide bonds. The molecule has 0 radical (unpaired) electrons. The summed E-state index contributed by atoms with van der Waals surface area (Å²) < 4.78 is 41.1. The number of hydrogen-bond donors (Lipinski definition) is 1. The summed E-state index contributed by atoms with van der Waals surface area (Å²) in [7, 11) is 0. The van der Waals surface area contributed by atoms with Gasteiger partial charge in [0.1, 0.15) is 5.82 Å². The molecule has 1 unspecified atom stereocenters. The summed E-state index contributed by atoms with van der Waals surface area (Å²) in [6.07, 6.45) is 0.293. The molecule has 2 aromatic carbocycles. The molecule has 1 aliphatic heterocycles. The van der Waals surface area contributed by atoms with E-state index in [0.29, 0.717) is 31.1 Å². The van der Waals surface area contributed by atoms with E-state index in [-0.39, 0.29) is 16.6 Å². The molecule has 11 heteroatoms. The van der Waals surface area contributed by atoms with Gasteiger partial charge in [0, 0.05) is 31.0 Å². The molecule has 190 valence electrons. The van der Waals surface area contributed by atoms with Crippen LogP contribution in [0.4, 0.5) is 24.7 Å². The third kappa shape index (κ3) is 5.43. The topological polar surface area (TPSA) is 75.9 Å². The summed E-state index contributed by atoms with van der Waals surface area (Å²) in [6, 6.07) is 16.3. The zero-order valence-corrected chi connectivity index (χ0v) is 20.2. The number of piperidine rings is 1. The van der Waals surface area contributed by atoms with Crippen LogP contribution >= 0.6 is 11.6 Å². The fourth-order valence-electron chi connectivity index (χ4n) is 4.34. The van der Waals surface area contributed by atoms with E-state index < -0.39 is 17.7 Å². The van der Waals surface area contributed by atoms with Crippen LogP contribution in [-0.2, 0) is 11.0 Å². The lowest BCUT2D eigenvalue weighted by molar-refractivity contribution is -0.137. The van der Waals surface area contributed by atoms with Gasteiger partial charge in [-0.15, -0.1) is 10.2 Å². The molecule has 0 aliphatic carbocycles. The first-order valence-electron chi connectivity index (χ1n) is 11.6. The average molecular weight is 527 g/mol. The van der Waals surface area contributed by atoms with Gasteiger partial charge in [0.05, 0.1) is 22.2 Å². The number of anilines is 2. The van der Waals surface area contributed by atoms with Crippen LogP contribution in [-0.4, -0.2) is 38.7 Å². The average Bonchev–Trinajstić information content (AvgIpc) is 3.40. The van der Waals surface area contributed by atoms with Crippen LogP contribution in [0.1, 0.15) is 18.4 Å². The van der Waals surface area contributed by atoms with E-state index in [1.807, 2.05) is 58.1 Å². The van der Waals surface area contributed by atoms with Gasteiger partial charge in [0.2, 0.25) is 5.91 Å². The van der Waals surface area contributed by atoms with Crippen molar-refractivity contribution in [3.63, 3.8) is 0 Å². The van der Waals surface area contributed by atoms with Crippen molar-refractivity contribution in [2.75, 3.05) is 23.3 Å². The smallest absolute Gasteiger partial charge is 0.354 e. The number of alkyl halides is 3. The second-order valence-electron chi connectivity index (χ2n) is 8.70. The molecular weight excluding hydrogens is 505 g/mol. The first-order valence-corrected chi connectivity index (χ1v) is 12.0. The van der Waals surface area contributed by atoms with Crippen LogP contribution in [0, 0.1) is 5.92 Å². The Morgan fingerprint density at radius 3 is 2.51 bits per heavy atom. The maximum atomic E-state index is 13.1. The molecule has 3 heterocycles. The Balaban J connectivity index is 1.28. The minimum absolute atomic E-state index is 0.0462. The Morgan fingerprint density at radius 2 is 1.78 bits per heavy atom. The highest BCUT2D eigenvalue weighted by atomic mass is 35.5. The Kier molecular flexibility index (Phi) is 6.84. The minimum atomic E-state index is -4.53. The molecule has 4 aromatic rings. The highest BCUT2D eigenvalue weighted by Gasteiger charge is 2.32. The van der Waals surface area contributed by atoms with Gasteiger partial charge in [-0.05, 0) is 43.2 Å². The largest absolute Gasteiger partial charge is 0.416 e. The standard InChI is InChI=1S/C26H22ClF3N6O/c27-20-9-8-19(26(28,29)30)15-21(20)32-25(37)18-7-4-13-35(16-18)22-10-11-23(34-33-22)36-14-12-31-24(36)17-5-2-1-3-6-17/h1-3,5-6,8-12,14-15,18H,4,7,13,16H2,(H,32,37). The monoisotopic (exact) mass is 526 g/mol. The molecule has 0 spiro atoms. The summed E-state index contributed by atoms with van der Waals surface area (Å²) in [6.45, 7) is 1.04. The van der Waals surface area contributed by atoms with Gasteiger partial charge in [0.25, 0.3) is 0 Å². The third-order valence-corrected chi connectivity index (χ3v) is 6.55. The maximum Gasteiger partial charge on any atom is 0.416 e. The lowest BCUT2D eigenvalue weighted by atomic mass is 9.97. The number of nitrogens with zero attached hydrogens (tertiary/aromatic N) is 5. The molecule has 1 saturated heterocycles. The second-order valence-corrected chi connectivity index (χ2v) is 9.11. The van der Waals surface area contributed by atoms with Crippen molar-refractivity contribution in [2.45, 2.75) is 19.0 Å². The van der Waals surface area contributed by atoms with Crippen LogP contribution in [0.5, 0.6) is 0 Å². The van der Waals surface area contributed by atoms with E-state index in [0.717, 1.165) is 36.0 Å². The SMILES string of the molecule is O=C(Nc1cc(C(F)(F)F)ccc1Cl)C1CCCN(c2ccc(-n3ccnc3-c3ccccc3)nn2)C1. The summed E-state index contributed by atoms with van der Waals surface area (Å²) in [5, 5.41) is 11.4. The fourth-order valence-corrected chi connectivity index (χ4v) is 4.50. The maximum absolute atomic E-state index is 13.1. The van der Waals surface area contributed by atoms with E-state index in [9.17, 15) is 18.0 Å². The second kappa shape index (κ2) is 10.2. The van der Waals surface area contributed by atoms with Crippen LogP contribution in [0.15, 0.2) is 73.1 Å². The number of imidazole rings is 1. The predicted octanol–water partition coefficient (Wildman–Crippen LogP) is 5.86. The number of aromatic nitrogens is 4. The van der Waals surface area contributed by atoms with E-state index in [1.165, 1.54) is 0 Å². The van der Waals surface area contributed by atoms with Gasteiger partial charge in [0.15, 0.2) is 11.6 Å². The summed E-state index contributed by atoms with van der Waals surface area (Å²) in [5.41, 5.74) is 0.0163. The van der Waals surface area contributed by atoms with E-state index in [1.54, 1.807) is 6.20 Å². The molecule has 7 nitrogen and oxygen atoms in total. The molecule has 1 N–H and O–H groups in total. The molecule has 1 aliphatic rings. The normalized spacial score (nSPS) is 16.0. The van der Waals surface area contributed by atoms with Crippen molar-refractivity contribution in [2.24, 2.45) is 5.92 Å². The van der Waals surface area contributed by atoms with Gasteiger partial charge in [-0.3, -0.25) is 9.36 Å². The number of amides is 1. The summed E-state index contributed by atoms with van der Waals surface area (Å²) >= 11 is 6.04. The zero-order chi connectivity index (χ0) is 26.0. The lowest BCUT2D eigenvalue weighted by Gasteiger charge is -2.32. The van der Waals surface area contributed by atoms with Crippen molar-refractivity contribution in [1.82, 2.24) is 19.7 Å². The molecule has 5 rings (SSSR count). The van der Waals surface area contributed by atoms with E-state index in [2.05, 4.69) is 20.5 Å². The number of hydrogen-bond acceptors (Lipinski definition) is 5. The lowest BCUT2D eigenvalue weighted by Crippen LogP contribution is -2.41. The van der Waals surface area contributed by atoms with E-state index in [4.69, 9.17) is 11.6 Å². The number of nitrogens with one attached hydrogen (secondary N) is 1. The zero-order valence-electron chi connectivity index (χ0n) is 19.5. The van der Waals surface area contributed by atoms with Crippen LogP contribution < -0.4 is 10.2 Å². The highest BCUT2D eigenvalue weighted by molar-refractivity contribution is 6.33. The van der Waals surface area contributed by atoms with Crippen molar-refractivity contribution in [3.05, 3.63) is 83.6 Å². The Labute approximate surface area is 215 Å². The Hall–Kier alpha value is -3.92. The molecule has 2 aromatic heterocycles. The molecular formula is C26H22ClF3N6O. The quantitative estimate of drug-likeness (QED) is 0.353. The highest BCUT2D eigenvalue weighted by Crippen LogP contribution is 2.34. The number of benzene rings is 2. The molecule has 0 saturated carbocycles. The molecule has 37 heavy (non-hydrogen) atoms. The Morgan fingerprint density at radius 1 is 1.03 bits per heavy atom. The minimum Gasteiger partial charge on any atom is -0.354 e. The van der Waals surface area contributed by atoms with Crippen LogP contribution in [0.25, 0.3) is 17.2 Å². The molecule has 1 atom stereocenters. The van der Waals surface area contributed by atoms with Gasteiger partial charge < -0.3 is 10.2 Å². The summed E-state index contributed by atoms with van der Waals surface area (Å²) in [5.74, 6) is 1.12. The van der Waals surface area contributed by atoms with Crippen LogP contribution in [0.3, 0.4) is 0 Å². The number of carbonyl (C=O) groups excluding carboxylic acids is 1. The van der Waals surface area contributed by atoms with Gasteiger partial charge in [-0.1, -0.05) is 41.9 Å². The van der Waals surface area contributed by atoms with Crippen LogP contribution in [0.2, 0.25) is 5.02 Å². The van der Waals surface area contributed by atoms with Gasteiger partial charge >= 0.3 is 6.18 Å². The fraction of sp³-hybridized carbons (Fsp3) is 0.231. The van der Waals surface area contributed by atoms with E-state index >= 15 is 0 Å². The van der Waals surface area contributed by atoms with Crippen molar-refractivity contribution < 1.29 is 18.0 Å². The molecule has 1 fully saturated rings. The van der Waals surface area contributed by atoms with Gasteiger partial charge in [-0.25, -0.2) is 4.98 Å².